The van der Waals surface area contributed by atoms with Crippen LogP contribution < -0.4 is 5.32 Å². The molecule has 1 heterocycles. The summed E-state index contributed by atoms with van der Waals surface area (Å²) in [6.45, 7) is 8.59. The average Bonchev–Trinajstić information content (AvgIpc) is 2.26. The Bertz CT molecular complexity index is 331. The molecule has 3 atom stereocenters. The van der Waals surface area contributed by atoms with E-state index in [0.29, 0.717) is 12.5 Å². The third-order valence-electron chi connectivity index (χ3n) is 3.64. The van der Waals surface area contributed by atoms with Gasteiger partial charge in [-0.05, 0) is 38.0 Å². The third-order valence-corrected chi connectivity index (χ3v) is 3.64. The van der Waals surface area contributed by atoms with Gasteiger partial charge in [0.05, 0.1) is 0 Å². The van der Waals surface area contributed by atoms with Crippen LogP contribution in [0.2, 0.25) is 0 Å². The van der Waals surface area contributed by atoms with Crippen LogP contribution in [0.5, 0.6) is 0 Å². The van der Waals surface area contributed by atoms with Crippen molar-refractivity contribution in [3.63, 3.8) is 0 Å². The Morgan fingerprint density at radius 1 is 1.37 bits per heavy atom. The lowest BCUT2D eigenvalue weighted by Gasteiger charge is -2.37. The van der Waals surface area contributed by atoms with Gasteiger partial charge >= 0.3 is 12.0 Å². The van der Waals surface area contributed by atoms with Gasteiger partial charge in [-0.3, -0.25) is 0 Å². The number of hydrogen-bond donors (Lipinski definition) is 2. The van der Waals surface area contributed by atoms with Gasteiger partial charge in [0.25, 0.3) is 0 Å². The van der Waals surface area contributed by atoms with Crippen molar-refractivity contribution in [2.45, 2.75) is 59.0 Å². The number of amides is 2. The molecule has 1 aliphatic rings. The van der Waals surface area contributed by atoms with Gasteiger partial charge in [0.1, 0.15) is 6.04 Å². The summed E-state index contributed by atoms with van der Waals surface area (Å²) in [4.78, 5) is 25.0. The molecule has 1 rings (SSSR count). The second-order valence-corrected chi connectivity index (χ2v) is 6.08. The number of carboxylic acid groups (broad SMARTS) is 1. The minimum atomic E-state index is -0.904. The van der Waals surface area contributed by atoms with Gasteiger partial charge in [-0.15, -0.1) is 0 Å². The first kappa shape index (κ1) is 15.8. The normalized spacial score (nSPS) is 25.2. The molecule has 1 aliphatic heterocycles. The monoisotopic (exact) mass is 270 g/mol. The maximum Gasteiger partial charge on any atom is 0.326 e. The second-order valence-electron chi connectivity index (χ2n) is 6.08. The topological polar surface area (TPSA) is 69.6 Å². The molecule has 1 fully saturated rings. The summed E-state index contributed by atoms with van der Waals surface area (Å²) in [6, 6.07) is -0.869. The number of carbonyl (C=O) groups excluding carboxylic acids is 1. The lowest BCUT2D eigenvalue weighted by atomic mass is 9.91. The number of carboxylic acids is 1. The number of piperidine rings is 1. The molecule has 2 N–H and O–H groups in total. The molecule has 0 saturated carbocycles. The van der Waals surface area contributed by atoms with Gasteiger partial charge in [0.15, 0.2) is 0 Å². The van der Waals surface area contributed by atoms with Crippen molar-refractivity contribution in [3.8, 4) is 0 Å². The number of hydrogen-bond acceptors (Lipinski definition) is 2. The van der Waals surface area contributed by atoms with E-state index in [1.54, 1.807) is 0 Å². The molecule has 0 aliphatic carbocycles. The maximum atomic E-state index is 12.2. The van der Waals surface area contributed by atoms with Crippen molar-refractivity contribution in [2.24, 2.45) is 11.8 Å². The van der Waals surface area contributed by atoms with Crippen LogP contribution in [0.15, 0.2) is 0 Å². The molecule has 110 valence electrons. The summed E-state index contributed by atoms with van der Waals surface area (Å²) in [5.74, 6) is -0.387. The van der Waals surface area contributed by atoms with E-state index < -0.39 is 12.0 Å². The Morgan fingerprint density at radius 2 is 2.00 bits per heavy atom. The zero-order valence-electron chi connectivity index (χ0n) is 12.3. The van der Waals surface area contributed by atoms with E-state index in [4.69, 9.17) is 0 Å². The SMILES string of the molecule is CC(C)CC(C)NC(=O)N1CCCC(C)C1C(=O)O. The molecule has 0 spiro atoms. The Balaban J connectivity index is 2.65. The predicted octanol–water partition coefficient (Wildman–Crippen LogP) is 2.32. The zero-order chi connectivity index (χ0) is 14.6. The van der Waals surface area contributed by atoms with Crippen LogP contribution in [-0.4, -0.2) is 40.6 Å². The first-order chi connectivity index (χ1) is 8.82. The van der Waals surface area contributed by atoms with Crippen LogP contribution in [0.25, 0.3) is 0 Å². The smallest absolute Gasteiger partial charge is 0.326 e. The highest BCUT2D eigenvalue weighted by Gasteiger charge is 2.37. The quantitative estimate of drug-likeness (QED) is 0.823. The van der Waals surface area contributed by atoms with Crippen molar-refractivity contribution in [1.82, 2.24) is 10.2 Å². The lowest BCUT2D eigenvalue weighted by molar-refractivity contribution is -0.145. The van der Waals surface area contributed by atoms with Crippen LogP contribution in [0.3, 0.4) is 0 Å². The predicted molar refractivity (Wildman–Crippen MR) is 74.0 cm³/mol. The van der Waals surface area contributed by atoms with Gasteiger partial charge in [0, 0.05) is 12.6 Å². The summed E-state index contributed by atoms with van der Waals surface area (Å²) < 4.78 is 0. The average molecular weight is 270 g/mol. The van der Waals surface area contributed by atoms with Gasteiger partial charge in [0.2, 0.25) is 0 Å². The fraction of sp³-hybridized carbons (Fsp3) is 0.857. The van der Waals surface area contributed by atoms with E-state index in [1.165, 1.54) is 4.90 Å². The van der Waals surface area contributed by atoms with E-state index in [2.05, 4.69) is 19.2 Å². The highest BCUT2D eigenvalue weighted by atomic mass is 16.4. The Hall–Kier alpha value is -1.26. The highest BCUT2D eigenvalue weighted by Crippen LogP contribution is 2.23. The van der Waals surface area contributed by atoms with Crippen molar-refractivity contribution in [3.05, 3.63) is 0 Å². The van der Waals surface area contributed by atoms with E-state index in [0.717, 1.165) is 19.3 Å². The zero-order valence-corrected chi connectivity index (χ0v) is 12.3. The van der Waals surface area contributed by atoms with Crippen molar-refractivity contribution >= 4 is 12.0 Å². The molecule has 5 heteroatoms. The summed E-state index contributed by atoms with van der Waals surface area (Å²) in [6.07, 6.45) is 2.63. The number of aliphatic carboxylic acids is 1. The molecule has 5 nitrogen and oxygen atoms in total. The van der Waals surface area contributed by atoms with Crippen LogP contribution in [-0.2, 0) is 4.79 Å². The number of likely N-dealkylation sites (tertiary alicyclic amines) is 1. The minimum absolute atomic E-state index is 0.0115. The molecule has 19 heavy (non-hydrogen) atoms. The van der Waals surface area contributed by atoms with Crippen LogP contribution in [0.4, 0.5) is 4.79 Å². The fourth-order valence-corrected chi connectivity index (χ4v) is 2.85. The molecular weight excluding hydrogens is 244 g/mol. The van der Waals surface area contributed by atoms with E-state index in [9.17, 15) is 14.7 Å². The molecule has 2 amide bonds. The number of carbonyl (C=O) groups is 2. The maximum absolute atomic E-state index is 12.2. The number of urea groups is 1. The molecule has 0 radical (unpaired) electrons. The molecule has 0 aromatic rings. The number of nitrogens with one attached hydrogen (secondary N) is 1. The number of nitrogens with zero attached hydrogens (tertiary/aromatic N) is 1. The summed E-state index contributed by atoms with van der Waals surface area (Å²) in [5.41, 5.74) is 0. The number of rotatable bonds is 4. The largest absolute Gasteiger partial charge is 0.480 e. The second kappa shape index (κ2) is 6.78. The molecule has 0 aromatic carbocycles. The van der Waals surface area contributed by atoms with Gasteiger partial charge in [-0.25, -0.2) is 9.59 Å². The van der Waals surface area contributed by atoms with Crippen LogP contribution >= 0.6 is 0 Å². The first-order valence-corrected chi connectivity index (χ1v) is 7.12. The van der Waals surface area contributed by atoms with Gasteiger partial charge in [-0.1, -0.05) is 20.8 Å². The van der Waals surface area contributed by atoms with E-state index in [1.807, 2.05) is 13.8 Å². The molecule has 0 aromatic heterocycles. The Kier molecular flexibility index (Phi) is 5.63. The first-order valence-electron chi connectivity index (χ1n) is 7.12. The van der Waals surface area contributed by atoms with Gasteiger partial charge < -0.3 is 15.3 Å². The third kappa shape index (κ3) is 4.40. The van der Waals surface area contributed by atoms with Crippen LogP contribution in [0, 0.1) is 11.8 Å². The van der Waals surface area contributed by atoms with E-state index >= 15 is 0 Å². The fourth-order valence-electron chi connectivity index (χ4n) is 2.85. The molecule has 1 saturated heterocycles. The van der Waals surface area contributed by atoms with Crippen molar-refractivity contribution in [1.29, 1.82) is 0 Å². The van der Waals surface area contributed by atoms with Crippen molar-refractivity contribution < 1.29 is 14.7 Å². The molecular formula is C14H26N2O3. The van der Waals surface area contributed by atoms with E-state index in [-0.39, 0.29) is 18.0 Å². The standard InChI is InChI=1S/C14H26N2O3/c1-9(2)8-11(4)15-14(19)16-7-5-6-10(3)12(16)13(17)18/h9-12H,5-8H2,1-4H3,(H,15,19)(H,17,18). The van der Waals surface area contributed by atoms with Crippen LogP contribution in [0.1, 0.15) is 47.0 Å². The minimum Gasteiger partial charge on any atom is -0.480 e. The molecule has 3 unspecified atom stereocenters. The Labute approximate surface area is 115 Å². The summed E-state index contributed by atoms with van der Waals surface area (Å²) in [7, 11) is 0. The highest BCUT2D eigenvalue weighted by molar-refractivity contribution is 5.83. The lowest BCUT2D eigenvalue weighted by Crippen LogP contribution is -2.56. The van der Waals surface area contributed by atoms with Crippen molar-refractivity contribution in [2.75, 3.05) is 6.54 Å². The summed E-state index contributed by atoms with van der Waals surface area (Å²) in [5, 5.41) is 12.2. The van der Waals surface area contributed by atoms with Gasteiger partial charge in [-0.2, -0.15) is 0 Å². The molecule has 0 bridgehead atoms. The summed E-state index contributed by atoms with van der Waals surface area (Å²) >= 11 is 0. The Morgan fingerprint density at radius 3 is 2.53 bits per heavy atom.